The number of hydrogen-bond acceptors (Lipinski definition) is 2. The highest BCUT2D eigenvalue weighted by Crippen LogP contribution is 2.33. The molecule has 1 atom stereocenters. The third-order valence-corrected chi connectivity index (χ3v) is 2.79. The first-order valence-electron chi connectivity index (χ1n) is 6.03. The zero-order chi connectivity index (χ0) is 12.3. The summed E-state index contributed by atoms with van der Waals surface area (Å²) in [6.07, 6.45) is 0.937. The third-order valence-electron chi connectivity index (χ3n) is 2.79. The fourth-order valence-corrected chi connectivity index (χ4v) is 1.93. The number of hydrogen-bond donors (Lipinski definition) is 1. The largest absolute Gasteiger partial charge is 0.489 e. The van der Waals surface area contributed by atoms with Crippen molar-refractivity contribution in [3.05, 3.63) is 24.3 Å². The van der Waals surface area contributed by atoms with E-state index in [0.717, 1.165) is 17.9 Å². The second kappa shape index (κ2) is 5.08. The van der Waals surface area contributed by atoms with Crippen LogP contribution in [0.2, 0.25) is 0 Å². The topological polar surface area (TPSA) is 41.6 Å². The Hall–Kier alpha value is -1.71. The van der Waals surface area contributed by atoms with Crippen LogP contribution < -0.4 is 15.0 Å². The van der Waals surface area contributed by atoms with E-state index < -0.39 is 0 Å². The summed E-state index contributed by atoms with van der Waals surface area (Å²) in [5, 5.41) is 2.90. The SMILES string of the molecule is CCCNC(=O)N1c2ccccc2OCC1C. The van der Waals surface area contributed by atoms with Crippen LogP contribution >= 0.6 is 0 Å². The molecule has 1 aromatic carbocycles. The number of anilines is 1. The molecule has 1 aromatic rings. The Labute approximate surface area is 102 Å². The van der Waals surface area contributed by atoms with Gasteiger partial charge in [-0.05, 0) is 25.5 Å². The van der Waals surface area contributed by atoms with Gasteiger partial charge in [-0.3, -0.25) is 4.90 Å². The Morgan fingerprint density at radius 1 is 1.53 bits per heavy atom. The molecule has 0 fully saturated rings. The van der Waals surface area contributed by atoms with Gasteiger partial charge in [-0.1, -0.05) is 19.1 Å². The van der Waals surface area contributed by atoms with E-state index >= 15 is 0 Å². The molecule has 4 heteroatoms. The number of nitrogens with zero attached hydrogens (tertiary/aromatic N) is 1. The van der Waals surface area contributed by atoms with Crippen molar-refractivity contribution in [3.8, 4) is 5.75 Å². The van der Waals surface area contributed by atoms with E-state index in [0.29, 0.717) is 13.2 Å². The maximum absolute atomic E-state index is 12.1. The Balaban J connectivity index is 2.23. The summed E-state index contributed by atoms with van der Waals surface area (Å²) in [4.78, 5) is 13.9. The van der Waals surface area contributed by atoms with Crippen LogP contribution in [0.1, 0.15) is 20.3 Å². The highest BCUT2D eigenvalue weighted by atomic mass is 16.5. The van der Waals surface area contributed by atoms with Gasteiger partial charge in [0, 0.05) is 6.54 Å². The highest BCUT2D eigenvalue weighted by Gasteiger charge is 2.28. The molecule has 1 aliphatic heterocycles. The lowest BCUT2D eigenvalue weighted by atomic mass is 10.2. The lowest BCUT2D eigenvalue weighted by molar-refractivity contribution is 0.230. The zero-order valence-corrected chi connectivity index (χ0v) is 10.3. The summed E-state index contributed by atoms with van der Waals surface area (Å²) >= 11 is 0. The van der Waals surface area contributed by atoms with Gasteiger partial charge in [0.05, 0.1) is 11.7 Å². The van der Waals surface area contributed by atoms with E-state index in [2.05, 4.69) is 5.32 Å². The molecular weight excluding hydrogens is 216 g/mol. The molecule has 0 saturated heterocycles. The van der Waals surface area contributed by atoms with Crippen molar-refractivity contribution < 1.29 is 9.53 Å². The Kier molecular flexibility index (Phi) is 3.52. The Bertz CT molecular complexity index is 406. The quantitative estimate of drug-likeness (QED) is 0.853. The minimum Gasteiger partial charge on any atom is -0.489 e. The van der Waals surface area contributed by atoms with Gasteiger partial charge in [-0.15, -0.1) is 0 Å². The lowest BCUT2D eigenvalue weighted by Gasteiger charge is -2.34. The van der Waals surface area contributed by atoms with Crippen LogP contribution in [0.15, 0.2) is 24.3 Å². The molecule has 1 N–H and O–H groups in total. The Morgan fingerprint density at radius 2 is 2.29 bits per heavy atom. The van der Waals surface area contributed by atoms with E-state index in [1.807, 2.05) is 38.1 Å². The van der Waals surface area contributed by atoms with Gasteiger partial charge in [-0.25, -0.2) is 4.79 Å². The predicted molar refractivity (Wildman–Crippen MR) is 67.6 cm³/mol. The molecule has 1 unspecified atom stereocenters. The van der Waals surface area contributed by atoms with Gasteiger partial charge in [-0.2, -0.15) is 0 Å². The molecule has 1 aliphatic rings. The fraction of sp³-hybridized carbons (Fsp3) is 0.462. The number of para-hydroxylation sites is 2. The maximum Gasteiger partial charge on any atom is 0.322 e. The zero-order valence-electron chi connectivity index (χ0n) is 10.3. The van der Waals surface area contributed by atoms with Crippen molar-refractivity contribution in [1.29, 1.82) is 0 Å². The van der Waals surface area contributed by atoms with Gasteiger partial charge < -0.3 is 10.1 Å². The predicted octanol–water partition coefficient (Wildman–Crippen LogP) is 2.39. The molecule has 2 amide bonds. The molecule has 4 nitrogen and oxygen atoms in total. The number of carbonyl (C=O) groups excluding carboxylic acids is 1. The first kappa shape index (κ1) is 11.8. The molecule has 2 rings (SSSR count). The molecule has 0 saturated carbocycles. The second-order valence-corrected chi connectivity index (χ2v) is 4.23. The van der Waals surface area contributed by atoms with Crippen LogP contribution in [0.4, 0.5) is 10.5 Å². The van der Waals surface area contributed by atoms with Gasteiger partial charge in [0.25, 0.3) is 0 Å². The maximum atomic E-state index is 12.1. The number of benzene rings is 1. The van der Waals surface area contributed by atoms with Crippen LogP contribution in [0.3, 0.4) is 0 Å². The van der Waals surface area contributed by atoms with Gasteiger partial charge in [0.2, 0.25) is 0 Å². The molecule has 0 radical (unpaired) electrons. The number of ether oxygens (including phenoxy) is 1. The van der Waals surface area contributed by atoms with Crippen molar-refractivity contribution in [1.82, 2.24) is 5.32 Å². The smallest absolute Gasteiger partial charge is 0.322 e. The minimum atomic E-state index is -0.0462. The first-order chi connectivity index (χ1) is 8.24. The van der Waals surface area contributed by atoms with Crippen molar-refractivity contribution in [3.63, 3.8) is 0 Å². The van der Waals surface area contributed by atoms with Crippen LogP contribution in [0.25, 0.3) is 0 Å². The van der Waals surface area contributed by atoms with E-state index in [1.54, 1.807) is 4.90 Å². The third kappa shape index (κ3) is 2.35. The van der Waals surface area contributed by atoms with Crippen molar-refractivity contribution >= 4 is 11.7 Å². The summed E-state index contributed by atoms with van der Waals surface area (Å²) in [6.45, 7) is 5.26. The molecule has 17 heavy (non-hydrogen) atoms. The number of urea groups is 1. The molecule has 1 heterocycles. The average Bonchev–Trinajstić information content (AvgIpc) is 2.35. The summed E-state index contributed by atoms with van der Waals surface area (Å²) in [5.74, 6) is 0.775. The molecule has 0 aromatic heterocycles. The van der Waals surface area contributed by atoms with Crippen molar-refractivity contribution in [2.24, 2.45) is 0 Å². The summed E-state index contributed by atoms with van der Waals surface area (Å²) in [5.41, 5.74) is 0.847. The fourth-order valence-electron chi connectivity index (χ4n) is 1.93. The van der Waals surface area contributed by atoms with Gasteiger partial charge in [0.15, 0.2) is 0 Å². The number of fused-ring (bicyclic) bond motifs is 1. The summed E-state index contributed by atoms with van der Waals surface area (Å²) in [6, 6.07) is 7.65. The highest BCUT2D eigenvalue weighted by molar-refractivity contribution is 5.94. The van der Waals surface area contributed by atoms with Crippen molar-refractivity contribution in [2.75, 3.05) is 18.1 Å². The minimum absolute atomic E-state index is 0.0462. The number of rotatable bonds is 2. The molecule has 0 aliphatic carbocycles. The van der Waals surface area contributed by atoms with Crippen LogP contribution in [0.5, 0.6) is 5.75 Å². The number of carbonyl (C=O) groups is 1. The normalized spacial score (nSPS) is 18.2. The van der Waals surface area contributed by atoms with Gasteiger partial charge in [0.1, 0.15) is 12.4 Å². The number of amides is 2. The van der Waals surface area contributed by atoms with Crippen molar-refractivity contribution in [2.45, 2.75) is 26.3 Å². The lowest BCUT2D eigenvalue weighted by Crippen LogP contribution is -2.49. The molecular formula is C13H18N2O2. The van der Waals surface area contributed by atoms with E-state index in [1.165, 1.54) is 0 Å². The molecule has 92 valence electrons. The van der Waals surface area contributed by atoms with Gasteiger partial charge >= 0.3 is 6.03 Å². The monoisotopic (exact) mass is 234 g/mol. The summed E-state index contributed by atoms with van der Waals surface area (Å²) in [7, 11) is 0. The van der Waals surface area contributed by atoms with E-state index in [-0.39, 0.29) is 12.1 Å². The molecule has 0 spiro atoms. The average molecular weight is 234 g/mol. The Morgan fingerprint density at radius 3 is 3.06 bits per heavy atom. The van der Waals surface area contributed by atoms with E-state index in [4.69, 9.17) is 4.74 Å². The number of nitrogens with one attached hydrogen (secondary N) is 1. The van der Waals surface area contributed by atoms with E-state index in [9.17, 15) is 4.79 Å². The van der Waals surface area contributed by atoms with Crippen LogP contribution in [-0.4, -0.2) is 25.2 Å². The van der Waals surface area contributed by atoms with Crippen LogP contribution in [0, 0.1) is 0 Å². The second-order valence-electron chi connectivity index (χ2n) is 4.23. The standard InChI is InChI=1S/C13H18N2O2/c1-3-8-14-13(16)15-10(2)9-17-12-7-5-4-6-11(12)15/h4-7,10H,3,8-9H2,1-2H3,(H,14,16). The van der Waals surface area contributed by atoms with Crippen LogP contribution in [-0.2, 0) is 0 Å². The summed E-state index contributed by atoms with van der Waals surface area (Å²) < 4.78 is 5.60. The first-order valence-corrected chi connectivity index (χ1v) is 6.03. The molecule has 0 bridgehead atoms.